The van der Waals surface area contributed by atoms with Crippen molar-refractivity contribution >= 4 is 5.91 Å². The maximum atomic E-state index is 12.6. The van der Waals surface area contributed by atoms with Crippen LogP contribution in [0.5, 0.6) is 0 Å². The molecule has 110 valence electrons. The van der Waals surface area contributed by atoms with E-state index in [2.05, 4.69) is 23.8 Å². The zero-order chi connectivity index (χ0) is 13.9. The molecule has 2 N–H and O–H groups in total. The predicted octanol–water partition coefficient (Wildman–Crippen LogP) is 1.59. The second kappa shape index (κ2) is 6.23. The van der Waals surface area contributed by atoms with Crippen LogP contribution in [0.2, 0.25) is 0 Å². The molecule has 1 heterocycles. The number of hydrogen-bond donors (Lipinski definition) is 1. The van der Waals surface area contributed by atoms with E-state index in [1.54, 1.807) is 0 Å². The Morgan fingerprint density at radius 2 is 1.89 bits per heavy atom. The molecule has 1 saturated carbocycles. The number of carbonyl (C=O) groups excluding carboxylic acids is 1. The fraction of sp³-hybridized carbons (Fsp3) is 0.933. The highest BCUT2D eigenvalue weighted by Crippen LogP contribution is 2.29. The molecule has 19 heavy (non-hydrogen) atoms. The first kappa shape index (κ1) is 14.8. The molecule has 1 aliphatic heterocycles. The quantitative estimate of drug-likeness (QED) is 0.826. The Bertz CT molecular complexity index is 313. The van der Waals surface area contributed by atoms with Crippen LogP contribution in [0.15, 0.2) is 0 Å². The Morgan fingerprint density at radius 3 is 2.58 bits per heavy atom. The number of nitrogens with zero attached hydrogens (tertiary/aromatic N) is 2. The normalized spacial score (nSPS) is 29.0. The summed E-state index contributed by atoms with van der Waals surface area (Å²) in [6.07, 6.45) is 7.29. The first-order valence-corrected chi connectivity index (χ1v) is 7.77. The second-order valence-electron chi connectivity index (χ2n) is 6.65. The highest BCUT2D eigenvalue weighted by Gasteiger charge is 2.33. The molecule has 1 atom stereocenters. The van der Waals surface area contributed by atoms with Crippen molar-refractivity contribution in [1.82, 2.24) is 9.80 Å². The average Bonchev–Trinajstić information content (AvgIpc) is 2.50. The summed E-state index contributed by atoms with van der Waals surface area (Å²) in [5.41, 5.74) is 6.19. The Balaban J connectivity index is 1.94. The van der Waals surface area contributed by atoms with Gasteiger partial charge >= 0.3 is 0 Å². The molecule has 0 aromatic carbocycles. The van der Waals surface area contributed by atoms with Crippen molar-refractivity contribution in [3.05, 3.63) is 0 Å². The van der Waals surface area contributed by atoms with Gasteiger partial charge in [0.1, 0.15) is 0 Å². The highest BCUT2D eigenvalue weighted by molar-refractivity contribution is 5.77. The predicted molar refractivity (Wildman–Crippen MR) is 77.9 cm³/mol. The molecular weight excluding hydrogens is 238 g/mol. The van der Waals surface area contributed by atoms with Crippen LogP contribution >= 0.6 is 0 Å². The van der Waals surface area contributed by atoms with E-state index in [0.717, 1.165) is 38.9 Å². The van der Waals surface area contributed by atoms with Gasteiger partial charge in [-0.25, -0.2) is 0 Å². The molecule has 1 amide bonds. The number of hydrogen-bond acceptors (Lipinski definition) is 3. The van der Waals surface area contributed by atoms with Gasteiger partial charge in [0.15, 0.2) is 0 Å². The van der Waals surface area contributed by atoms with Gasteiger partial charge in [-0.3, -0.25) is 4.79 Å². The smallest absolute Gasteiger partial charge is 0.224 e. The molecule has 0 bridgehead atoms. The molecule has 0 radical (unpaired) electrons. The molecule has 4 heteroatoms. The molecule has 1 aliphatic carbocycles. The Hall–Kier alpha value is -0.610. The molecule has 0 spiro atoms. The summed E-state index contributed by atoms with van der Waals surface area (Å²) in [4.78, 5) is 16.9. The first-order valence-electron chi connectivity index (χ1n) is 7.77. The van der Waals surface area contributed by atoms with Gasteiger partial charge in [-0.15, -0.1) is 0 Å². The van der Waals surface area contributed by atoms with Crippen LogP contribution in [-0.2, 0) is 4.79 Å². The highest BCUT2D eigenvalue weighted by atomic mass is 16.2. The lowest BCUT2D eigenvalue weighted by molar-refractivity contribution is -0.134. The molecular formula is C15H29N3O. The summed E-state index contributed by atoms with van der Waals surface area (Å²) in [7, 11) is 2.13. The SMILES string of the molecule is CC1CN(C)CCCN1C(=O)CC1(N)CCCCC1. The standard InChI is InChI=1S/C15H29N3O/c1-13-12-17(2)9-6-10-18(13)14(19)11-15(16)7-4-3-5-8-15/h13H,3-12,16H2,1-2H3. The van der Waals surface area contributed by atoms with Crippen LogP contribution in [0.25, 0.3) is 0 Å². The minimum Gasteiger partial charge on any atom is -0.339 e. The number of nitrogens with two attached hydrogens (primary N) is 1. The number of likely N-dealkylation sites (N-methyl/N-ethyl adjacent to an activating group) is 1. The minimum atomic E-state index is -0.229. The van der Waals surface area contributed by atoms with Crippen LogP contribution in [0, 0.1) is 0 Å². The molecule has 2 aliphatic rings. The van der Waals surface area contributed by atoms with Crippen molar-refractivity contribution < 1.29 is 4.79 Å². The van der Waals surface area contributed by atoms with Gasteiger partial charge in [-0.2, -0.15) is 0 Å². The number of amides is 1. The van der Waals surface area contributed by atoms with Crippen LogP contribution in [0.4, 0.5) is 0 Å². The van der Waals surface area contributed by atoms with E-state index < -0.39 is 0 Å². The van der Waals surface area contributed by atoms with Gasteiger partial charge in [0.2, 0.25) is 5.91 Å². The van der Waals surface area contributed by atoms with E-state index in [-0.39, 0.29) is 11.4 Å². The van der Waals surface area contributed by atoms with Gasteiger partial charge in [0.25, 0.3) is 0 Å². The van der Waals surface area contributed by atoms with E-state index >= 15 is 0 Å². The maximum absolute atomic E-state index is 12.6. The van der Waals surface area contributed by atoms with Crippen molar-refractivity contribution in [3.8, 4) is 0 Å². The van der Waals surface area contributed by atoms with Gasteiger partial charge in [0.05, 0.1) is 0 Å². The largest absolute Gasteiger partial charge is 0.339 e. The van der Waals surface area contributed by atoms with Crippen LogP contribution in [0.1, 0.15) is 51.9 Å². The second-order valence-corrected chi connectivity index (χ2v) is 6.65. The zero-order valence-corrected chi connectivity index (χ0v) is 12.5. The van der Waals surface area contributed by atoms with E-state index in [1.165, 1.54) is 19.3 Å². The summed E-state index contributed by atoms with van der Waals surface area (Å²) in [5, 5.41) is 0. The number of rotatable bonds is 2. The molecule has 4 nitrogen and oxygen atoms in total. The maximum Gasteiger partial charge on any atom is 0.224 e. The first-order chi connectivity index (χ1) is 9.00. The van der Waals surface area contributed by atoms with Gasteiger partial charge in [-0.05, 0) is 39.8 Å². The van der Waals surface area contributed by atoms with E-state index in [1.807, 2.05) is 0 Å². The Morgan fingerprint density at radius 1 is 1.21 bits per heavy atom. The van der Waals surface area contributed by atoms with Gasteiger partial charge in [-0.1, -0.05) is 19.3 Å². The van der Waals surface area contributed by atoms with E-state index in [0.29, 0.717) is 12.5 Å². The van der Waals surface area contributed by atoms with Crippen molar-refractivity contribution in [2.75, 3.05) is 26.7 Å². The molecule has 0 aromatic heterocycles. The summed E-state index contributed by atoms with van der Waals surface area (Å²) < 4.78 is 0. The molecule has 2 fully saturated rings. The average molecular weight is 267 g/mol. The molecule has 1 unspecified atom stereocenters. The third kappa shape index (κ3) is 3.93. The summed E-state index contributed by atoms with van der Waals surface area (Å²) in [5.74, 6) is 0.271. The van der Waals surface area contributed by atoms with Crippen molar-refractivity contribution in [2.24, 2.45) is 5.73 Å². The van der Waals surface area contributed by atoms with Gasteiger partial charge < -0.3 is 15.5 Å². The lowest BCUT2D eigenvalue weighted by Crippen LogP contribution is -2.49. The summed E-state index contributed by atoms with van der Waals surface area (Å²) in [6, 6.07) is 0.312. The fourth-order valence-corrected chi connectivity index (χ4v) is 3.58. The van der Waals surface area contributed by atoms with Crippen LogP contribution in [-0.4, -0.2) is 54.0 Å². The lowest BCUT2D eigenvalue weighted by Gasteiger charge is -2.36. The zero-order valence-electron chi connectivity index (χ0n) is 12.5. The van der Waals surface area contributed by atoms with Crippen LogP contribution in [0.3, 0.4) is 0 Å². The monoisotopic (exact) mass is 267 g/mol. The van der Waals surface area contributed by atoms with Gasteiger partial charge in [0, 0.05) is 31.1 Å². The summed E-state index contributed by atoms with van der Waals surface area (Å²) in [6.45, 7) is 5.11. The van der Waals surface area contributed by atoms with Crippen LogP contribution < -0.4 is 5.73 Å². The Labute approximate surface area is 117 Å². The molecule has 2 rings (SSSR count). The lowest BCUT2D eigenvalue weighted by atomic mass is 9.80. The van der Waals surface area contributed by atoms with E-state index in [4.69, 9.17) is 5.73 Å². The van der Waals surface area contributed by atoms with Crippen molar-refractivity contribution in [1.29, 1.82) is 0 Å². The summed E-state index contributed by atoms with van der Waals surface area (Å²) >= 11 is 0. The van der Waals surface area contributed by atoms with Crippen molar-refractivity contribution in [2.45, 2.75) is 63.5 Å². The Kier molecular flexibility index (Phi) is 4.85. The molecule has 1 saturated heterocycles. The topological polar surface area (TPSA) is 49.6 Å². The number of carbonyl (C=O) groups is 1. The third-order valence-corrected chi connectivity index (χ3v) is 4.72. The van der Waals surface area contributed by atoms with Crippen molar-refractivity contribution in [3.63, 3.8) is 0 Å². The molecule has 0 aromatic rings. The minimum absolute atomic E-state index is 0.229. The van der Waals surface area contributed by atoms with E-state index in [9.17, 15) is 4.79 Å². The third-order valence-electron chi connectivity index (χ3n) is 4.72. The fourth-order valence-electron chi connectivity index (χ4n) is 3.58.